The molecule has 0 aliphatic carbocycles. The predicted molar refractivity (Wildman–Crippen MR) is 133 cm³/mol. The zero-order chi connectivity index (χ0) is 22.4. The van der Waals surface area contributed by atoms with E-state index in [1.54, 1.807) is 0 Å². The Labute approximate surface area is 193 Å². The van der Waals surface area contributed by atoms with Crippen LogP contribution < -0.4 is 14.7 Å². The van der Waals surface area contributed by atoms with Gasteiger partial charge in [-0.3, -0.25) is 0 Å². The minimum absolute atomic E-state index is 1.03. The monoisotopic (exact) mass is 454 g/mol. The molecule has 0 aliphatic heterocycles. The summed E-state index contributed by atoms with van der Waals surface area (Å²) in [6.07, 6.45) is 0. The van der Waals surface area contributed by atoms with Crippen molar-refractivity contribution in [2.75, 3.05) is 57.0 Å². The summed E-state index contributed by atoms with van der Waals surface area (Å²) < 4.78 is 0. The molecule has 0 bridgehead atoms. The third kappa shape index (κ3) is 6.06. The summed E-state index contributed by atoms with van der Waals surface area (Å²) in [5.41, 5.74) is 8.46. The molecule has 0 saturated carbocycles. The van der Waals surface area contributed by atoms with Crippen molar-refractivity contribution in [1.82, 2.24) is 0 Å². The quantitative estimate of drug-likeness (QED) is 0.428. The van der Waals surface area contributed by atoms with Gasteiger partial charge < -0.3 is 0 Å². The van der Waals surface area contributed by atoms with E-state index in [1.807, 2.05) is 0 Å². The van der Waals surface area contributed by atoms with Gasteiger partial charge in [0.1, 0.15) is 0 Å². The van der Waals surface area contributed by atoms with Crippen LogP contribution in [-0.2, 0) is 30.0 Å². The van der Waals surface area contributed by atoms with Crippen LogP contribution in [-0.4, -0.2) is 42.3 Å². The summed E-state index contributed by atoms with van der Waals surface area (Å²) in [5, 5.41) is 3.54. The Kier molecular flexibility index (Phi) is 8.07. The van der Waals surface area contributed by atoms with Crippen molar-refractivity contribution in [2.45, 2.75) is 15.8 Å². The summed E-state index contributed by atoms with van der Waals surface area (Å²) in [5.74, 6) is 0. The van der Waals surface area contributed by atoms with Crippen LogP contribution in [0.15, 0.2) is 72.8 Å². The fourth-order valence-corrected chi connectivity index (χ4v) is 7.70. The predicted octanol–water partition coefficient (Wildman–Crippen LogP) is 5.40. The van der Waals surface area contributed by atoms with Crippen LogP contribution in [0.4, 0.5) is 17.1 Å². The van der Waals surface area contributed by atoms with Gasteiger partial charge in [-0.25, -0.2) is 0 Å². The van der Waals surface area contributed by atoms with E-state index < -0.39 is 14.1 Å². The van der Waals surface area contributed by atoms with Crippen molar-refractivity contribution in [3.63, 3.8) is 0 Å². The Morgan fingerprint density at radius 2 is 0.710 bits per heavy atom. The fraction of sp³-hybridized carbons (Fsp3) is 0.333. The van der Waals surface area contributed by atoms with Gasteiger partial charge >= 0.3 is 194 Å². The van der Waals surface area contributed by atoms with Gasteiger partial charge in [-0.1, -0.05) is 0 Å². The number of para-hydroxylation sites is 3. The van der Waals surface area contributed by atoms with Gasteiger partial charge in [0.2, 0.25) is 0 Å². The first-order chi connectivity index (χ1) is 14.9. The van der Waals surface area contributed by atoms with Crippen LogP contribution >= 0.6 is 0 Å². The molecule has 3 aromatic rings. The van der Waals surface area contributed by atoms with Crippen molar-refractivity contribution in [1.29, 1.82) is 0 Å². The van der Waals surface area contributed by atoms with Gasteiger partial charge in [0.15, 0.2) is 0 Å². The topological polar surface area (TPSA) is 9.72 Å². The molecule has 0 aromatic heterocycles. The van der Waals surface area contributed by atoms with Crippen LogP contribution in [0.5, 0.6) is 0 Å². The normalized spacial score (nSPS) is 10.9. The number of anilines is 3. The second kappa shape index (κ2) is 10.8. The van der Waals surface area contributed by atoms with E-state index in [2.05, 4.69) is 130 Å². The fourth-order valence-electron chi connectivity index (χ4n) is 4.02. The molecule has 0 saturated heterocycles. The van der Waals surface area contributed by atoms with E-state index in [0.717, 1.165) is 0 Å². The third-order valence-corrected chi connectivity index (χ3v) is 8.87. The Balaban J connectivity index is 1.97. The Morgan fingerprint density at radius 1 is 0.452 bits per heavy atom. The first-order valence-corrected chi connectivity index (χ1v) is 13.5. The zero-order valence-electron chi connectivity index (χ0n) is 19.8. The Bertz CT molecular complexity index is 854. The van der Waals surface area contributed by atoms with Crippen LogP contribution in [0, 0.1) is 0 Å². The number of rotatable bonds is 9. The van der Waals surface area contributed by atoms with E-state index >= 15 is 0 Å². The molecule has 0 atom stereocenters. The molecule has 0 fully saturated rings. The first kappa shape index (κ1) is 23.3. The standard InChI is InChI=1S/3C9H12N.Cr/c3*1-8-6-4-5-7-9(8)10(2)3;/h3*4-7H,1H2,2-3H3;. The molecular formula is C27H36CrN3. The number of hydrogen-bond acceptors (Lipinski definition) is 3. The average Bonchev–Trinajstić information content (AvgIpc) is 2.74. The number of benzene rings is 3. The van der Waals surface area contributed by atoms with Gasteiger partial charge in [0.05, 0.1) is 0 Å². The van der Waals surface area contributed by atoms with Gasteiger partial charge in [0.25, 0.3) is 0 Å². The first-order valence-electron chi connectivity index (χ1n) is 10.8. The van der Waals surface area contributed by atoms with Crippen molar-refractivity contribution < 1.29 is 14.1 Å². The van der Waals surface area contributed by atoms with Crippen molar-refractivity contribution in [2.24, 2.45) is 0 Å². The molecule has 0 radical (unpaired) electrons. The molecule has 0 aliphatic rings. The molecule has 0 amide bonds. The minimum atomic E-state index is -1.03. The molecule has 3 nitrogen and oxygen atoms in total. The molecule has 0 unspecified atom stereocenters. The molecule has 0 heterocycles. The Morgan fingerprint density at radius 3 is 0.968 bits per heavy atom. The van der Waals surface area contributed by atoms with Crippen LogP contribution in [0.2, 0.25) is 0 Å². The molecule has 0 N–H and O–H groups in total. The van der Waals surface area contributed by atoms with Crippen molar-refractivity contribution in [3.05, 3.63) is 89.5 Å². The van der Waals surface area contributed by atoms with E-state index in [1.165, 1.54) is 49.6 Å². The number of nitrogens with zero attached hydrogens (tertiary/aromatic N) is 3. The zero-order valence-corrected chi connectivity index (χ0v) is 21.1. The summed E-state index contributed by atoms with van der Waals surface area (Å²) in [6, 6.07) is 26.7. The molecule has 165 valence electrons. The van der Waals surface area contributed by atoms with E-state index in [4.69, 9.17) is 0 Å². The van der Waals surface area contributed by atoms with Crippen molar-refractivity contribution >= 4 is 17.1 Å². The van der Waals surface area contributed by atoms with Gasteiger partial charge in [-0.2, -0.15) is 0 Å². The maximum absolute atomic E-state index is 2.32. The van der Waals surface area contributed by atoms with Crippen LogP contribution in [0.25, 0.3) is 0 Å². The second-order valence-electron chi connectivity index (χ2n) is 8.61. The molecular weight excluding hydrogens is 418 g/mol. The number of hydrogen-bond donors (Lipinski definition) is 0. The van der Waals surface area contributed by atoms with E-state index in [9.17, 15) is 0 Å². The van der Waals surface area contributed by atoms with E-state index in [-0.39, 0.29) is 0 Å². The SMILES string of the molecule is CN(C)c1ccccc1[CH2][Cr]([CH2]c1ccccc1N(C)C)[CH2]c1ccccc1N(C)C. The summed E-state index contributed by atoms with van der Waals surface area (Å²) in [4.78, 5) is 6.75. The van der Waals surface area contributed by atoms with Crippen molar-refractivity contribution in [3.8, 4) is 0 Å². The van der Waals surface area contributed by atoms with Crippen LogP contribution in [0.1, 0.15) is 16.7 Å². The molecule has 0 spiro atoms. The summed E-state index contributed by atoms with van der Waals surface area (Å²) >= 11 is -1.03. The molecule has 4 heteroatoms. The van der Waals surface area contributed by atoms with Gasteiger partial charge in [0, 0.05) is 0 Å². The average molecular weight is 455 g/mol. The maximum atomic E-state index is 2.32. The third-order valence-electron chi connectivity index (χ3n) is 5.50. The summed E-state index contributed by atoms with van der Waals surface area (Å²) in [7, 11) is 12.9. The Hall–Kier alpha value is -2.41. The van der Waals surface area contributed by atoms with Gasteiger partial charge in [-0.05, 0) is 0 Å². The van der Waals surface area contributed by atoms with Crippen LogP contribution in [0.3, 0.4) is 0 Å². The molecule has 3 rings (SSSR count). The molecule has 31 heavy (non-hydrogen) atoms. The van der Waals surface area contributed by atoms with E-state index in [0.29, 0.717) is 0 Å². The van der Waals surface area contributed by atoms with Gasteiger partial charge in [-0.15, -0.1) is 0 Å². The molecule has 3 aromatic carbocycles. The second-order valence-corrected chi connectivity index (χ2v) is 11.9. The summed E-state index contributed by atoms with van der Waals surface area (Å²) in [6.45, 7) is 0.